The number of hydrogen-bond acceptors (Lipinski definition) is 5. The lowest BCUT2D eigenvalue weighted by molar-refractivity contribution is 0.467. The highest BCUT2D eigenvalue weighted by Gasteiger charge is 2.22. The van der Waals surface area contributed by atoms with Gasteiger partial charge in [0.2, 0.25) is 0 Å². The lowest BCUT2D eigenvalue weighted by atomic mass is 10.0. The standard InChI is InChI=1S/C21H28N6S.HI/c1-15(2)20-25-18(14-28-20)12-24-21(23-3)26-17-8-6-10-27(13-17)19-9-5-4-7-16(19)11-22;/h4-5,7,9,14-15,17H,6,8,10,12-13H2,1-3H3,(H2,23,24,26);1H. The molecule has 156 valence electrons. The van der Waals surface area contributed by atoms with E-state index in [1.807, 2.05) is 24.3 Å². The van der Waals surface area contributed by atoms with Gasteiger partial charge in [-0.25, -0.2) is 4.98 Å². The second-order valence-corrected chi connectivity index (χ2v) is 8.21. The molecule has 29 heavy (non-hydrogen) atoms. The van der Waals surface area contributed by atoms with Gasteiger partial charge in [0.1, 0.15) is 6.07 Å². The summed E-state index contributed by atoms with van der Waals surface area (Å²) in [5, 5.41) is 19.6. The van der Waals surface area contributed by atoms with Crippen LogP contribution in [-0.4, -0.2) is 37.1 Å². The molecule has 1 fully saturated rings. The van der Waals surface area contributed by atoms with Gasteiger partial charge >= 0.3 is 0 Å². The Balaban J connectivity index is 0.00000300. The summed E-state index contributed by atoms with van der Waals surface area (Å²) < 4.78 is 0. The first-order valence-corrected chi connectivity index (χ1v) is 10.6. The van der Waals surface area contributed by atoms with E-state index < -0.39 is 0 Å². The Hall–Kier alpha value is -1.86. The summed E-state index contributed by atoms with van der Waals surface area (Å²) in [5.41, 5.74) is 2.79. The molecular formula is C21H29IN6S. The van der Waals surface area contributed by atoms with E-state index in [0.717, 1.165) is 48.8 Å². The van der Waals surface area contributed by atoms with Gasteiger partial charge in [0, 0.05) is 37.5 Å². The van der Waals surface area contributed by atoms with Crippen LogP contribution in [-0.2, 0) is 6.54 Å². The molecule has 0 amide bonds. The summed E-state index contributed by atoms with van der Waals surface area (Å²) in [4.78, 5) is 11.3. The minimum Gasteiger partial charge on any atom is -0.368 e. The zero-order chi connectivity index (χ0) is 19.9. The van der Waals surface area contributed by atoms with Crippen LogP contribution in [0.15, 0.2) is 34.6 Å². The van der Waals surface area contributed by atoms with Gasteiger partial charge in [0.25, 0.3) is 0 Å². The molecule has 0 saturated carbocycles. The maximum absolute atomic E-state index is 9.39. The van der Waals surface area contributed by atoms with E-state index in [1.54, 1.807) is 18.4 Å². The summed E-state index contributed by atoms with van der Waals surface area (Å²) >= 11 is 1.71. The topological polar surface area (TPSA) is 76.3 Å². The molecule has 2 aromatic rings. The summed E-state index contributed by atoms with van der Waals surface area (Å²) in [6, 6.07) is 10.4. The van der Waals surface area contributed by atoms with Gasteiger partial charge in [-0.2, -0.15) is 5.26 Å². The third-order valence-corrected chi connectivity index (χ3v) is 6.05. The van der Waals surface area contributed by atoms with Gasteiger partial charge in [0.05, 0.1) is 28.5 Å². The van der Waals surface area contributed by atoms with Crippen LogP contribution in [0.3, 0.4) is 0 Å². The lowest BCUT2D eigenvalue weighted by Gasteiger charge is -2.35. The largest absolute Gasteiger partial charge is 0.368 e. The first-order chi connectivity index (χ1) is 13.6. The van der Waals surface area contributed by atoms with Crippen LogP contribution in [0.2, 0.25) is 0 Å². The fraction of sp³-hybridized carbons (Fsp3) is 0.476. The number of aromatic nitrogens is 1. The lowest BCUT2D eigenvalue weighted by Crippen LogP contribution is -2.51. The fourth-order valence-electron chi connectivity index (χ4n) is 3.39. The summed E-state index contributed by atoms with van der Waals surface area (Å²) in [7, 11) is 1.79. The number of rotatable bonds is 5. The van der Waals surface area contributed by atoms with Crippen molar-refractivity contribution < 1.29 is 0 Å². The Morgan fingerprint density at radius 1 is 1.41 bits per heavy atom. The number of nitrogens with one attached hydrogen (secondary N) is 2. The molecule has 1 aromatic carbocycles. The molecule has 0 aliphatic carbocycles. The number of thiazole rings is 1. The second-order valence-electron chi connectivity index (χ2n) is 7.32. The number of halogens is 1. The fourth-order valence-corrected chi connectivity index (χ4v) is 4.22. The molecule has 1 unspecified atom stereocenters. The van der Waals surface area contributed by atoms with Crippen molar-refractivity contribution in [3.05, 3.63) is 45.9 Å². The van der Waals surface area contributed by atoms with E-state index in [-0.39, 0.29) is 30.0 Å². The molecule has 6 nitrogen and oxygen atoms in total. The van der Waals surface area contributed by atoms with E-state index in [9.17, 15) is 5.26 Å². The summed E-state index contributed by atoms with van der Waals surface area (Å²) in [6.07, 6.45) is 2.17. The van der Waals surface area contributed by atoms with Crippen LogP contribution in [0.1, 0.15) is 48.9 Å². The molecule has 8 heteroatoms. The molecule has 2 heterocycles. The number of anilines is 1. The number of benzene rings is 1. The molecule has 3 rings (SSSR count). The Labute approximate surface area is 194 Å². The first kappa shape index (κ1) is 23.4. The van der Waals surface area contributed by atoms with Crippen molar-refractivity contribution in [2.45, 2.75) is 45.2 Å². The number of nitriles is 1. The number of para-hydroxylation sites is 1. The van der Waals surface area contributed by atoms with Gasteiger partial charge in [-0.05, 0) is 25.0 Å². The molecular weight excluding hydrogens is 495 g/mol. The van der Waals surface area contributed by atoms with Crippen molar-refractivity contribution in [3.63, 3.8) is 0 Å². The SMILES string of the molecule is CN=C(NCc1csc(C(C)C)n1)NC1CCCN(c2ccccc2C#N)C1.I. The van der Waals surface area contributed by atoms with Crippen molar-refractivity contribution in [2.24, 2.45) is 4.99 Å². The molecule has 1 aliphatic rings. The molecule has 1 aliphatic heterocycles. The average Bonchev–Trinajstić information content (AvgIpc) is 3.20. The summed E-state index contributed by atoms with van der Waals surface area (Å²) in [5.74, 6) is 1.25. The molecule has 1 atom stereocenters. The van der Waals surface area contributed by atoms with Gasteiger partial charge in [0.15, 0.2) is 5.96 Å². The Morgan fingerprint density at radius 2 is 2.21 bits per heavy atom. The molecule has 0 radical (unpaired) electrons. The van der Waals surface area contributed by atoms with Gasteiger partial charge < -0.3 is 15.5 Å². The second kappa shape index (κ2) is 11.4. The van der Waals surface area contributed by atoms with Gasteiger partial charge in [-0.3, -0.25) is 4.99 Å². The highest BCUT2D eigenvalue weighted by atomic mass is 127. The highest BCUT2D eigenvalue weighted by Crippen LogP contribution is 2.23. The number of nitrogens with zero attached hydrogens (tertiary/aromatic N) is 4. The molecule has 2 N–H and O–H groups in total. The van der Waals surface area contributed by atoms with Crippen molar-refractivity contribution in [2.75, 3.05) is 25.0 Å². The van der Waals surface area contributed by atoms with E-state index in [2.05, 4.69) is 50.8 Å². The molecule has 0 bridgehead atoms. The van der Waals surface area contributed by atoms with Crippen LogP contribution < -0.4 is 15.5 Å². The average molecular weight is 524 g/mol. The predicted molar refractivity (Wildman–Crippen MR) is 131 cm³/mol. The number of piperidine rings is 1. The number of aliphatic imine (C=N–C) groups is 1. The maximum Gasteiger partial charge on any atom is 0.191 e. The van der Waals surface area contributed by atoms with E-state index in [4.69, 9.17) is 0 Å². The quantitative estimate of drug-likeness (QED) is 0.350. The van der Waals surface area contributed by atoms with Crippen LogP contribution in [0.5, 0.6) is 0 Å². The van der Waals surface area contributed by atoms with Crippen LogP contribution in [0.4, 0.5) is 5.69 Å². The number of guanidine groups is 1. The van der Waals surface area contributed by atoms with Crippen molar-refractivity contribution >= 4 is 47.0 Å². The van der Waals surface area contributed by atoms with Gasteiger partial charge in [-0.1, -0.05) is 26.0 Å². The highest BCUT2D eigenvalue weighted by molar-refractivity contribution is 14.0. The predicted octanol–water partition coefficient (Wildman–Crippen LogP) is 4.09. The van der Waals surface area contributed by atoms with Crippen LogP contribution in [0, 0.1) is 11.3 Å². The maximum atomic E-state index is 9.39. The monoisotopic (exact) mass is 524 g/mol. The van der Waals surface area contributed by atoms with E-state index in [1.165, 1.54) is 5.01 Å². The Bertz CT molecular complexity index is 857. The minimum atomic E-state index is 0. The zero-order valence-electron chi connectivity index (χ0n) is 17.2. The van der Waals surface area contributed by atoms with Crippen LogP contribution >= 0.6 is 35.3 Å². The molecule has 0 spiro atoms. The third-order valence-electron chi connectivity index (χ3n) is 4.85. The van der Waals surface area contributed by atoms with Gasteiger partial charge in [-0.15, -0.1) is 35.3 Å². The Kier molecular flexibility index (Phi) is 9.17. The molecule has 1 aromatic heterocycles. The minimum absolute atomic E-state index is 0. The van der Waals surface area contributed by atoms with Crippen molar-refractivity contribution in [1.29, 1.82) is 5.26 Å². The summed E-state index contributed by atoms with van der Waals surface area (Å²) in [6.45, 7) is 6.82. The molecule has 1 saturated heterocycles. The van der Waals surface area contributed by atoms with Crippen molar-refractivity contribution in [1.82, 2.24) is 15.6 Å². The smallest absolute Gasteiger partial charge is 0.191 e. The van der Waals surface area contributed by atoms with Crippen LogP contribution in [0.25, 0.3) is 0 Å². The van der Waals surface area contributed by atoms with Crippen molar-refractivity contribution in [3.8, 4) is 6.07 Å². The Morgan fingerprint density at radius 3 is 2.90 bits per heavy atom. The van der Waals surface area contributed by atoms with E-state index in [0.29, 0.717) is 12.5 Å². The third kappa shape index (κ3) is 6.31. The van der Waals surface area contributed by atoms with E-state index >= 15 is 0 Å². The zero-order valence-corrected chi connectivity index (χ0v) is 20.3. The number of hydrogen-bond donors (Lipinski definition) is 2. The normalized spacial score (nSPS) is 16.9. The first-order valence-electron chi connectivity index (χ1n) is 9.76.